The zero-order valence-corrected chi connectivity index (χ0v) is 13.3. The lowest BCUT2D eigenvalue weighted by Crippen LogP contribution is -2.52. The molecule has 0 rings (SSSR count). The van der Waals surface area contributed by atoms with Gasteiger partial charge in [-0.1, -0.05) is 13.8 Å². The summed E-state index contributed by atoms with van der Waals surface area (Å²) in [6.07, 6.45) is -4.33. The van der Waals surface area contributed by atoms with E-state index in [-0.39, 0.29) is 6.42 Å². The van der Waals surface area contributed by atoms with Crippen molar-refractivity contribution in [3.8, 4) is 0 Å². The molecule has 0 aliphatic carbocycles. The fourth-order valence-corrected chi connectivity index (χ4v) is 3.41. The molecule has 6 heteroatoms. The van der Waals surface area contributed by atoms with E-state index in [2.05, 4.69) is 0 Å². The lowest BCUT2D eigenvalue weighted by Gasteiger charge is -2.38. The maximum absolute atomic E-state index is 13.2. The molecule has 1 atom stereocenters. The quantitative estimate of drug-likeness (QED) is 0.658. The number of alkyl halides is 3. The standard InChI is InChI=1S/C12H26F3NOSi/c1-7-16(8-2)10-9-11(3,12(13,14)15)17-18(4,5)6/h7-10H2,1-6H3. The van der Waals surface area contributed by atoms with Crippen LogP contribution in [0.2, 0.25) is 19.6 Å². The van der Waals surface area contributed by atoms with Gasteiger partial charge in [0, 0.05) is 6.54 Å². The highest BCUT2D eigenvalue weighted by Crippen LogP contribution is 2.38. The van der Waals surface area contributed by atoms with Crippen molar-refractivity contribution in [3.05, 3.63) is 0 Å². The van der Waals surface area contributed by atoms with Crippen molar-refractivity contribution in [2.75, 3.05) is 19.6 Å². The molecule has 0 radical (unpaired) electrons. The highest BCUT2D eigenvalue weighted by molar-refractivity contribution is 6.69. The van der Waals surface area contributed by atoms with E-state index in [1.54, 1.807) is 19.6 Å². The van der Waals surface area contributed by atoms with Gasteiger partial charge in [0.2, 0.25) is 0 Å². The first kappa shape index (κ1) is 17.9. The molecule has 18 heavy (non-hydrogen) atoms. The monoisotopic (exact) mass is 285 g/mol. The Bertz CT molecular complexity index is 249. The van der Waals surface area contributed by atoms with Crippen LogP contribution in [0.4, 0.5) is 13.2 Å². The van der Waals surface area contributed by atoms with E-state index in [1.165, 1.54) is 6.92 Å². The normalized spacial score (nSPS) is 17.0. The number of hydrogen-bond donors (Lipinski definition) is 0. The second-order valence-corrected chi connectivity index (χ2v) is 10.1. The Morgan fingerprint density at radius 3 is 1.78 bits per heavy atom. The van der Waals surface area contributed by atoms with Crippen LogP contribution in [0.1, 0.15) is 27.2 Å². The third-order valence-corrected chi connectivity index (χ3v) is 3.99. The molecule has 0 fully saturated rings. The zero-order valence-electron chi connectivity index (χ0n) is 12.3. The van der Waals surface area contributed by atoms with Crippen LogP contribution < -0.4 is 0 Å². The average Bonchev–Trinajstić information content (AvgIpc) is 2.14. The van der Waals surface area contributed by atoms with Gasteiger partial charge in [-0.15, -0.1) is 0 Å². The summed E-state index contributed by atoms with van der Waals surface area (Å²) in [6.45, 7) is 12.4. The summed E-state index contributed by atoms with van der Waals surface area (Å²) in [4.78, 5) is 1.98. The third kappa shape index (κ3) is 5.71. The minimum Gasteiger partial charge on any atom is -0.404 e. The van der Waals surface area contributed by atoms with Crippen LogP contribution in [-0.2, 0) is 4.43 Å². The lowest BCUT2D eigenvalue weighted by molar-refractivity contribution is -0.248. The van der Waals surface area contributed by atoms with Crippen LogP contribution in [0, 0.1) is 0 Å². The first-order valence-electron chi connectivity index (χ1n) is 6.44. The van der Waals surface area contributed by atoms with Crippen molar-refractivity contribution >= 4 is 8.32 Å². The molecule has 0 saturated carbocycles. The van der Waals surface area contributed by atoms with Crippen LogP contribution in [-0.4, -0.2) is 44.6 Å². The predicted octanol–water partition coefficient (Wildman–Crippen LogP) is 3.89. The zero-order chi connectivity index (χ0) is 14.6. The SMILES string of the molecule is CCN(CC)CCC(C)(O[Si](C)(C)C)C(F)(F)F. The predicted molar refractivity (Wildman–Crippen MR) is 71.3 cm³/mol. The van der Waals surface area contributed by atoms with Gasteiger partial charge in [0.05, 0.1) is 0 Å². The number of halogens is 3. The first-order chi connectivity index (χ1) is 7.95. The molecule has 0 amide bonds. The fourth-order valence-electron chi connectivity index (χ4n) is 1.84. The van der Waals surface area contributed by atoms with Gasteiger partial charge in [0.1, 0.15) is 0 Å². The maximum Gasteiger partial charge on any atom is 0.416 e. The van der Waals surface area contributed by atoms with E-state index < -0.39 is 20.1 Å². The Kier molecular flexibility index (Phi) is 6.36. The van der Waals surface area contributed by atoms with Crippen molar-refractivity contribution in [1.82, 2.24) is 4.90 Å². The summed E-state index contributed by atoms with van der Waals surface area (Å²) in [5, 5.41) is 0. The van der Waals surface area contributed by atoms with Gasteiger partial charge in [-0.2, -0.15) is 13.2 Å². The Morgan fingerprint density at radius 1 is 1.06 bits per heavy atom. The smallest absolute Gasteiger partial charge is 0.404 e. The average molecular weight is 285 g/mol. The van der Waals surface area contributed by atoms with Gasteiger partial charge < -0.3 is 9.33 Å². The highest BCUT2D eigenvalue weighted by atomic mass is 28.4. The van der Waals surface area contributed by atoms with E-state index in [0.29, 0.717) is 6.54 Å². The first-order valence-corrected chi connectivity index (χ1v) is 9.85. The van der Waals surface area contributed by atoms with E-state index in [9.17, 15) is 13.2 Å². The molecule has 0 heterocycles. The molecule has 1 unspecified atom stereocenters. The second-order valence-electron chi connectivity index (χ2n) is 5.72. The van der Waals surface area contributed by atoms with Crippen molar-refractivity contribution < 1.29 is 17.6 Å². The number of rotatable bonds is 7. The molecular weight excluding hydrogens is 259 g/mol. The summed E-state index contributed by atoms with van der Waals surface area (Å²) in [5.41, 5.74) is -2.03. The molecule has 0 aromatic heterocycles. The van der Waals surface area contributed by atoms with Crippen LogP contribution in [0.3, 0.4) is 0 Å². The molecule has 0 bridgehead atoms. The van der Waals surface area contributed by atoms with Gasteiger partial charge >= 0.3 is 6.18 Å². The summed E-state index contributed by atoms with van der Waals surface area (Å²) < 4.78 is 44.9. The van der Waals surface area contributed by atoms with Crippen molar-refractivity contribution in [2.45, 2.75) is 58.6 Å². The molecule has 0 N–H and O–H groups in total. The lowest BCUT2D eigenvalue weighted by atomic mass is 10.0. The summed E-state index contributed by atoms with van der Waals surface area (Å²) in [5.74, 6) is 0. The van der Waals surface area contributed by atoms with Crippen LogP contribution in [0.25, 0.3) is 0 Å². The van der Waals surface area contributed by atoms with E-state index in [1.807, 2.05) is 18.7 Å². The Labute approximate surface area is 110 Å². The van der Waals surface area contributed by atoms with Crippen molar-refractivity contribution in [2.24, 2.45) is 0 Å². The van der Waals surface area contributed by atoms with Gasteiger partial charge in [0.15, 0.2) is 13.9 Å². The molecule has 0 aromatic carbocycles. The third-order valence-electron chi connectivity index (χ3n) is 2.93. The Morgan fingerprint density at radius 2 is 1.50 bits per heavy atom. The minimum absolute atomic E-state index is 0.0115. The van der Waals surface area contributed by atoms with Crippen LogP contribution >= 0.6 is 0 Å². The van der Waals surface area contributed by atoms with Crippen molar-refractivity contribution in [1.29, 1.82) is 0 Å². The molecule has 0 saturated heterocycles. The largest absolute Gasteiger partial charge is 0.416 e. The molecule has 0 aromatic rings. The van der Waals surface area contributed by atoms with E-state index >= 15 is 0 Å². The van der Waals surface area contributed by atoms with Crippen LogP contribution in [0.5, 0.6) is 0 Å². The molecule has 0 spiro atoms. The summed E-state index contributed by atoms with van der Waals surface area (Å²) in [7, 11) is -2.23. The molecule has 2 nitrogen and oxygen atoms in total. The maximum atomic E-state index is 13.2. The van der Waals surface area contributed by atoms with Crippen LogP contribution in [0.15, 0.2) is 0 Å². The van der Waals surface area contributed by atoms with E-state index in [0.717, 1.165) is 13.1 Å². The molecule has 110 valence electrons. The van der Waals surface area contributed by atoms with Gasteiger partial charge in [0.25, 0.3) is 0 Å². The number of nitrogens with zero attached hydrogens (tertiary/aromatic N) is 1. The summed E-state index contributed by atoms with van der Waals surface area (Å²) in [6, 6.07) is 0. The minimum atomic E-state index is -4.32. The second kappa shape index (κ2) is 6.39. The fraction of sp³-hybridized carbons (Fsp3) is 1.00. The van der Waals surface area contributed by atoms with Gasteiger partial charge in [-0.3, -0.25) is 0 Å². The van der Waals surface area contributed by atoms with Gasteiger partial charge in [-0.05, 0) is 46.1 Å². The van der Waals surface area contributed by atoms with Crippen molar-refractivity contribution in [3.63, 3.8) is 0 Å². The molecular formula is C12H26F3NOSi. The summed E-state index contributed by atoms with van der Waals surface area (Å²) >= 11 is 0. The Balaban J connectivity index is 4.80. The van der Waals surface area contributed by atoms with Gasteiger partial charge in [-0.25, -0.2) is 0 Å². The molecule has 0 aliphatic rings. The Hall–Kier alpha value is -0.0731. The topological polar surface area (TPSA) is 12.5 Å². The number of hydrogen-bond acceptors (Lipinski definition) is 2. The van der Waals surface area contributed by atoms with E-state index in [4.69, 9.17) is 4.43 Å². The highest BCUT2D eigenvalue weighted by Gasteiger charge is 2.53. The molecule has 0 aliphatic heterocycles.